The van der Waals surface area contributed by atoms with Gasteiger partial charge in [0, 0.05) is 31.2 Å². The first kappa shape index (κ1) is 20.5. The summed E-state index contributed by atoms with van der Waals surface area (Å²) in [5, 5.41) is 1.79. The number of thiazole rings is 1. The van der Waals surface area contributed by atoms with Gasteiger partial charge in [-0.1, -0.05) is 29.0 Å². The van der Waals surface area contributed by atoms with E-state index in [-0.39, 0.29) is 6.04 Å². The van der Waals surface area contributed by atoms with Gasteiger partial charge in [0.05, 0.1) is 36.0 Å². The number of carbonyl (C=O) groups is 1. The third-order valence-corrected chi connectivity index (χ3v) is 7.72. The molecular weight excluding hydrogens is 434 g/mol. The number of nitrogens with zero attached hydrogens (tertiary/aromatic N) is 3. The average Bonchev–Trinajstić information content (AvgIpc) is 3.47. The number of benzene rings is 2. The molecule has 1 aromatic heterocycles. The Kier molecular flexibility index (Phi) is 5.50. The van der Waals surface area contributed by atoms with Gasteiger partial charge < -0.3 is 19.2 Å². The topological polar surface area (TPSA) is 54.9 Å². The summed E-state index contributed by atoms with van der Waals surface area (Å²) in [6, 6.07) is 11.1. The van der Waals surface area contributed by atoms with Crippen molar-refractivity contribution < 1.29 is 14.3 Å². The highest BCUT2D eigenvalue weighted by atomic mass is 35.5. The summed E-state index contributed by atoms with van der Waals surface area (Å²) >= 11 is 7.83. The van der Waals surface area contributed by atoms with Crippen LogP contribution in [0.2, 0.25) is 5.02 Å². The molecule has 3 unspecified atom stereocenters. The van der Waals surface area contributed by atoms with Gasteiger partial charge in [-0.15, -0.1) is 0 Å². The van der Waals surface area contributed by atoms with Gasteiger partial charge in [-0.2, -0.15) is 0 Å². The molecule has 3 aromatic rings. The maximum atomic E-state index is 12.2. The first-order valence-electron chi connectivity index (χ1n) is 10.3. The van der Waals surface area contributed by atoms with Gasteiger partial charge in [0.1, 0.15) is 17.8 Å². The predicted octanol–water partition coefficient (Wildman–Crippen LogP) is 4.28. The van der Waals surface area contributed by atoms with Crippen LogP contribution in [0.1, 0.15) is 11.6 Å². The van der Waals surface area contributed by atoms with E-state index in [4.69, 9.17) is 26.1 Å². The molecule has 2 aromatic carbocycles. The number of fused-ring (bicyclic) bond motifs is 2. The van der Waals surface area contributed by atoms with E-state index < -0.39 is 0 Å². The summed E-state index contributed by atoms with van der Waals surface area (Å²) in [7, 11) is 3.25. The first-order valence-corrected chi connectivity index (χ1v) is 11.5. The molecule has 162 valence electrons. The lowest BCUT2D eigenvalue weighted by Crippen LogP contribution is -2.32. The molecule has 0 N–H and O–H groups in total. The molecule has 0 bridgehead atoms. The molecule has 5 rings (SSSR count). The van der Waals surface area contributed by atoms with Crippen LogP contribution in [0.15, 0.2) is 36.4 Å². The van der Waals surface area contributed by atoms with Crippen LogP contribution in [0.3, 0.4) is 0 Å². The van der Waals surface area contributed by atoms with Gasteiger partial charge >= 0.3 is 0 Å². The molecule has 0 radical (unpaired) electrons. The Morgan fingerprint density at radius 2 is 1.77 bits per heavy atom. The molecule has 2 saturated heterocycles. The van der Waals surface area contributed by atoms with Gasteiger partial charge in [-0.25, -0.2) is 4.98 Å². The van der Waals surface area contributed by atoms with E-state index in [1.54, 1.807) is 25.6 Å². The van der Waals surface area contributed by atoms with E-state index in [2.05, 4.69) is 9.80 Å². The summed E-state index contributed by atoms with van der Waals surface area (Å²) in [4.78, 5) is 21.6. The molecule has 8 heteroatoms. The molecule has 2 aliphatic rings. The molecule has 0 aliphatic carbocycles. The Bertz CT molecular complexity index is 1080. The second kappa shape index (κ2) is 8.30. The summed E-state index contributed by atoms with van der Waals surface area (Å²) in [5.41, 5.74) is 1.80. The molecule has 31 heavy (non-hydrogen) atoms. The number of ether oxygens (including phenoxy) is 2. The smallest absolute Gasteiger partial charge is 0.186 e. The van der Waals surface area contributed by atoms with Gasteiger partial charge in [0.15, 0.2) is 5.13 Å². The molecule has 2 aliphatic heterocycles. The van der Waals surface area contributed by atoms with Crippen molar-refractivity contribution in [3.8, 4) is 11.5 Å². The average molecular weight is 458 g/mol. The fourth-order valence-corrected chi connectivity index (χ4v) is 6.20. The van der Waals surface area contributed by atoms with Gasteiger partial charge in [-0.3, -0.25) is 4.90 Å². The van der Waals surface area contributed by atoms with Crippen LogP contribution in [0.5, 0.6) is 11.5 Å². The molecule has 3 heterocycles. The fourth-order valence-electron chi connectivity index (χ4n) is 4.94. The van der Waals surface area contributed by atoms with E-state index in [1.165, 1.54) is 0 Å². The molecule has 0 amide bonds. The Morgan fingerprint density at radius 3 is 2.39 bits per heavy atom. The van der Waals surface area contributed by atoms with E-state index in [0.717, 1.165) is 58.4 Å². The van der Waals surface area contributed by atoms with Crippen molar-refractivity contribution in [3.63, 3.8) is 0 Å². The zero-order chi connectivity index (χ0) is 21.5. The van der Waals surface area contributed by atoms with Crippen LogP contribution in [0.25, 0.3) is 10.2 Å². The lowest BCUT2D eigenvalue weighted by Gasteiger charge is -2.28. The van der Waals surface area contributed by atoms with Crippen LogP contribution < -0.4 is 14.4 Å². The van der Waals surface area contributed by atoms with E-state index in [0.29, 0.717) is 23.3 Å². The van der Waals surface area contributed by atoms with Crippen molar-refractivity contribution >= 4 is 44.6 Å². The highest BCUT2D eigenvalue weighted by Gasteiger charge is 2.44. The van der Waals surface area contributed by atoms with Crippen molar-refractivity contribution in [2.45, 2.75) is 6.04 Å². The number of halogens is 1. The largest absolute Gasteiger partial charge is 0.496 e. The monoisotopic (exact) mass is 457 g/mol. The van der Waals surface area contributed by atoms with Gasteiger partial charge in [0.25, 0.3) is 0 Å². The Labute approximate surface area is 190 Å². The van der Waals surface area contributed by atoms with E-state index in [9.17, 15) is 4.79 Å². The number of hydrogen-bond acceptors (Lipinski definition) is 7. The zero-order valence-electron chi connectivity index (χ0n) is 17.5. The summed E-state index contributed by atoms with van der Waals surface area (Å²) in [6.07, 6.45) is 1.01. The molecule has 2 fully saturated rings. The summed E-state index contributed by atoms with van der Waals surface area (Å²) < 4.78 is 12.2. The SMILES string of the molecule is COc1cccc(OC)c1C(C=O)N1CC2CN(c3nc4ccc(Cl)cc4s3)CC2C1. The molecule has 6 nitrogen and oxygen atoms in total. The number of aldehydes is 1. The zero-order valence-corrected chi connectivity index (χ0v) is 19.0. The standard InChI is InChI=1S/C23H24ClN3O3S/c1-29-19-4-3-5-20(30-2)22(19)18(13-28)26-9-14-11-27(12-15(14)10-26)23-25-17-7-6-16(24)8-21(17)31-23/h3-8,13-15,18H,9-12H2,1-2H3. The van der Waals surface area contributed by atoms with Crippen LogP contribution in [-0.2, 0) is 4.79 Å². The van der Waals surface area contributed by atoms with E-state index in [1.807, 2.05) is 36.4 Å². The van der Waals surface area contributed by atoms with Crippen LogP contribution in [0, 0.1) is 11.8 Å². The maximum absolute atomic E-state index is 12.2. The number of carbonyl (C=O) groups excluding carboxylic acids is 1. The Hall–Kier alpha value is -2.35. The van der Waals surface area contributed by atoms with Crippen molar-refractivity contribution in [1.29, 1.82) is 0 Å². The lowest BCUT2D eigenvalue weighted by molar-refractivity contribution is -0.112. The number of rotatable bonds is 6. The highest BCUT2D eigenvalue weighted by molar-refractivity contribution is 7.22. The number of aromatic nitrogens is 1. The number of methoxy groups -OCH3 is 2. The van der Waals surface area contributed by atoms with Crippen molar-refractivity contribution in [2.24, 2.45) is 11.8 Å². The summed E-state index contributed by atoms with van der Waals surface area (Å²) in [6.45, 7) is 3.62. The summed E-state index contributed by atoms with van der Waals surface area (Å²) in [5.74, 6) is 2.36. The Morgan fingerprint density at radius 1 is 1.10 bits per heavy atom. The minimum atomic E-state index is -0.380. The maximum Gasteiger partial charge on any atom is 0.186 e. The van der Waals surface area contributed by atoms with Crippen molar-refractivity contribution in [2.75, 3.05) is 45.3 Å². The second-order valence-corrected chi connectivity index (χ2v) is 9.59. The second-order valence-electron chi connectivity index (χ2n) is 8.14. The van der Waals surface area contributed by atoms with Gasteiger partial charge in [0.2, 0.25) is 0 Å². The quantitative estimate of drug-likeness (QED) is 0.515. The third kappa shape index (κ3) is 3.64. The molecule has 3 atom stereocenters. The van der Waals surface area contributed by atoms with Crippen LogP contribution in [0.4, 0.5) is 5.13 Å². The Balaban J connectivity index is 1.34. The van der Waals surface area contributed by atoms with Crippen LogP contribution in [-0.4, -0.2) is 56.6 Å². The fraction of sp³-hybridized carbons (Fsp3) is 0.391. The highest BCUT2D eigenvalue weighted by Crippen LogP contribution is 2.42. The molecule has 0 saturated carbocycles. The number of likely N-dealkylation sites (tertiary alicyclic amines) is 1. The molecule has 0 spiro atoms. The third-order valence-electron chi connectivity index (χ3n) is 6.41. The van der Waals surface area contributed by atoms with Crippen molar-refractivity contribution in [3.05, 3.63) is 47.0 Å². The minimum absolute atomic E-state index is 0.380. The van der Waals surface area contributed by atoms with Crippen LogP contribution >= 0.6 is 22.9 Å². The predicted molar refractivity (Wildman–Crippen MR) is 124 cm³/mol. The van der Waals surface area contributed by atoms with Crippen molar-refractivity contribution in [1.82, 2.24) is 9.88 Å². The number of hydrogen-bond donors (Lipinski definition) is 0. The minimum Gasteiger partial charge on any atom is -0.496 e. The van der Waals surface area contributed by atoms with E-state index >= 15 is 0 Å². The lowest BCUT2D eigenvalue weighted by atomic mass is 10.0. The van der Waals surface area contributed by atoms with Gasteiger partial charge in [-0.05, 0) is 42.2 Å². The first-order chi connectivity index (χ1) is 15.1. The molecular formula is C23H24ClN3O3S. The number of anilines is 1. The normalized spacial score (nSPS) is 22.0.